The number of aryl methyl sites for hydroxylation is 2. The van der Waals surface area contributed by atoms with Crippen LogP contribution in [0, 0.1) is 13.8 Å². The van der Waals surface area contributed by atoms with Gasteiger partial charge in [-0.1, -0.05) is 52.5 Å². The second-order valence-electron chi connectivity index (χ2n) is 5.21. The molecule has 0 fully saturated rings. The van der Waals surface area contributed by atoms with Crippen LogP contribution in [-0.2, 0) is 19.0 Å². The quantitative estimate of drug-likeness (QED) is 0.310. The summed E-state index contributed by atoms with van der Waals surface area (Å²) in [5.74, 6) is 0.528. The van der Waals surface area contributed by atoms with Crippen molar-refractivity contribution >= 4 is 5.97 Å². The molecule has 5 nitrogen and oxygen atoms in total. The van der Waals surface area contributed by atoms with Crippen molar-refractivity contribution in [2.75, 3.05) is 39.6 Å². The van der Waals surface area contributed by atoms with E-state index in [0.29, 0.717) is 38.6 Å². The summed E-state index contributed by atoms with van der Waals surface area (Å²) < 4.78 is 21.3. The molecule has 0 aromatic heterocycles. The standard InChI is InChI=1S/C18H26O5.2C2H6/c1-14(2)18(19)23-13-11-21-9-8-20-10-12-22-17-15(3)6-5-7-16(17)4;2*1-2/h5-7H,1,8-13H2,2-4H3;2*1-2H3. The van der Waals surface area contributed by atoms with Crippen molar-refractivity contribution < 1.29 is 23.7 Å². The summed E-state index contributed by atoms with van der Waals surface area (Å²) in [4.78, 5) is 11.1. The highest BCUT2D eigenvalue weighted by molar-refractivity contribution is 5.86. The first-order valence-electron chi connectivity index (χ1n) is 9.69. The Morgan fingerprint density at radius 1 is 0.852 bits per heavy atom. The zero-order chi connectivity index (χ0) is 21.1. The molecule has 0 atom stereocenters. The van der Waals surface area contributed by atoms with E-state index in [1.807, 2.05) is 59.7 Å². The van der Waals surface area contributed by atoms with Gasteiger partial charge in [0, 0.05) is 5.57 Å². The van der Waals surface area contributed by atoms with Crippen LogP contribution in [0.15, 0.2) is 30.4 Å². The van der Waals surface area contributed by atoms with Gasteiger partial charge in [-0.3, -0.25) is 0 Å². The third-order valence-corrected chi connectivity index (χ3v) is 3.06. The molecule has 156 valence electrons. The monoisotopic (exact) mass is 382 g/mol. The Labute approximate surface area is 165 Å². The van der Waals surface area contributed by atoms with Crippen LogP contribution in [0.4, 0.5) is 0 Å². The summed E-state index contributed by atoms with van der Waals surface area (Å²) in [7, 11) is 0. The first kappa shape index (κ1) is 27.4. The summed E-state index contributed by atoms with van der Waals surface area (Å²) in [5.41, 5.74) is 2.63. The summed E-state index contributed by atoms with van der Waals surface area (Å²) >= 11 is 0. The van der Waals surface area contributed by atoms with E-state index >= 15 is 0 Å². The molecule has 0 aliphatic carbocycles. The van der Waals surface area contributed by atoms with Crippen LogP contribution in [0.2, 0.25) is 0 Å². The fourth-order valence-corrected chi connectivity index (χ4v) is 1.87. The van der Waals surface area contributed by atoms with Gasteiger partial charge in [-0.05, 0) is 31.9 Å². The molecule has 0 saturated heterocycles. The SMILES string of the molecule is C=C(C)C(=O)OCCOCCOCCOc1c(C)cccc1C.CC.CC. The van der Waals surface area contributed by atoms with E-state index in [0.717, 1.165) is 16.9 Å². The maximum atomic E-state index is 11.1. The largest absolute Gasteiger partial charge is 0.491 e. The first-order chi connectivity index (χ1) is 13.0. The highest BCUT2D eigenvalue weighted by atomic mass is 16.6. The molecular weight excluding hydrogens is 344 g/mol. The third-order valence-electron chi connectivity index (χ3n) is 3.06. The van der Waals surface area contributed by atoms with E-state index in [1.165, 1.54) is 0 Å². The maximum absolute atomic E-state index is 11.1. The Morgan fingerprint density at radius 3 is 1.78 bits per heavy atom. The Kier molecular flexibility index (Phi) is 19.2. The van der Waals surface area contributed by atoms with E-state index in [2.05, 4.69) is 6.58 Å². The van der Waals surface area contributed by atoms with Crippen LogP contribution < -0.4 is 4.74 Å². The van der Waals surface area contributed by atoms with Crippen molar-refractivity contribution in [1.29, 1.82) is 0 Å². The number of ether oxygens (including phenoxy) is 4. The predicted octanol–water partition coefficient (Wildman–Crippen LogP) is 4.89. The lowest BCUT2D eigenvalue weighted by Gasteiger charge is -2.12. The van der Waals surface area contributed by atoms with Crippen molar-refractivity contribution in [2.45, 2.75) is 48.5 Å². The third kappa shape index (κ3) is 13.9. The zero-order valence-corrected chi connectivity index (χ0v) is 18.2. The van der Waals surface area contributed by atoms with E-state index in [-0.39, 0.29) is 6.61 Å². The first-order valence-corrected chi connectivity index (χ1v) is 9.69. The van der Waals surface area contributed by atoms with Crippen LogP contribution in [-0.4, -0.2) is 45.6 Å². The van der Waals surface area contributed by atoms with Crippen LogP contribution in [0.25, 0.3) is 0 Å². The number of hydrogen-bond donors (Lipinski definition) is 0. The maximum Gasteiger partial charge on any atom is 0.333 e. The number of rotatable bonds is 11. The molecule has 0 heterocycles. The van der Waals surface area contributed by atoms with Gasteiger partial charge in [0.25, 0.3) is 0 Å². The van der Waals surface area contributed by atoms with Crippen molar-refractivity contribution in [2.24, 2.45) is 0 Å². The van der Waals surface area contributed by atoms with Gasteiger partial charge in [-0.25, -0.2) is 4.79 Å². The van der Waals surface area contributed by atoms with Gasteiger partial charge in [0.05, 0.1) is 26.4 Å². The molecule has 5 heteroatoms. The molecule has 0 bridgehead atoms. The van der Waals surface area contributed by atoms with Gasteiger partial charge >= 0.3 is 5.97 Å². The van der Waals surface area contributed by atoms with Crippen LogP contribution >= 0.6 is 0 Å². The highest BCUT2D eigenvalue weighted by Gasteiger charge is 2.03. The molecule has 0 saturated carbocycles. The summed E-state index contributed by atoms with van der Waals surface area (Å²) in [5, 5.41) is 0. The summed E-state index contributed by atoms with van der Waals surface area (Å²) in [6.45, 7) is 19.7. The zero-order valence-electron chi connectivity index (χ0n) is 18.2. The van der Waals surface area contributed by atoms with Crippen LogP contribution in [0.5, 0.6) is 5.75 Å². The number of carbonyl (C=O) groups excluding carboxylic acids is 1. The lowest BCUT2D eigenvalue weighted by molar-refractivity contribution is -0.140. The second-order valence-corrected chi connectivity index (χ2v) is 5.21. The van der Waals surface area contributed by atoms with Gasteiger partial charge < -0.3 is 18.9 Å². The fourth-order valence-electron chi connectivity index (χ4n) is 1.87. The molecule has 0 radical (unpaired) electrons. The van der Waals surface area contributed by atoms with E-state index in [1.54, 1.807) is 6.92 Å². The number of benzene rings is 1. The second kappa shape index (κ2) is 18.9. The average molecular weight is 383 g/mol. The topological polar surface area (TPSA) is 54.0 Å². The number of hydrogen-bond acceptors (Lipinski definition) is 5. The lowest BCUT2D eigenvalue weighted by atomic mass is 10.1. The average Bonchev–Trinajstić information content (AvgIpc) is 2.68. The van der Waals surface area contributed by atoms with Crippen LogP contribution in [0.3, 0.4) is 0 Å². The van der Waals surface area contributed by atoms with Gasteiger partial charge in [0.15, 0.2) is 0 Å². The molecule has 1 aromatic carbocycles. The molecule has 0 unspecified atom stereocenters. The Bertz CT molecular complexity index is 491. The molecular formula is C22H38O5. The van der Waals surface area contributed by atoms with Gasteiger partial charge in [0.1, 0.15) is 19.0 Å². The Hall–Kier alpha value is -1.85. The molecule has 1 aromatic rings. The highest BCUT2D eigenvalue weighted by Crippen LogP contribution is 2.21. The number of carbonyl (C=O) groups is 1. The minimum Gasteiger partial charge on any atom is -0.491 e. The minimum absolute atomic E-state index is 0.224. The van der Waals surface area contributed by atoms with Crippen molar-refractivity contribution in [3.63, 3.8) is 0 Å². The predicted molar refractivity (Wildman–Crippen MR) is 112 cm³/mol. The van der Waals surface area contributed by atoms with Crippen LogP contribution in [0.1, 0.15) is 45.7 Å². The van der Waals surface area contributed by atoms with Crippen molar-refractivity contribution in [3.05, 3.63) is 41.5 Å². The number of esters is 1. The molecule has 0 amide bonds. The van der Waals surface area contributed by atoms with E-state index in [9.17, 15) is 4.79 Å². The minimum atomic E-state index is -0.395. The molecule has 0 aliphatic heterocycles. The fraction of sp³-hybridized carbons (Fsp3) is 0.591. The molecule has 0 N–H and O–H groups in total. The normalized spacial score (nSPS) is 9.30. The smallest absolute Gasteiger partial charge is 0.333 e. The molecule has 0 aliphatic rings. The van der Waals surface area contributed by atoms with E-state index < -0.39 is 5.97 Å². The van der Waals surface area contributed by atoms with Gasteiger partial charge in [-0.2, -0.15) is 0 Å². The van der Waals surface area contributed by atoms with Gasteiger partial charge in [-0.15, -0.1) is 0 Å². The van der Waals surface area contributed by atoms with Crippen molar-refractivity contribution in [3.8, 4) is 5.75 Å². The lowest BCUT2D eigenvalue weighted by Crippen LogP contribution is -2.14. The summed E-state index contributed by atoms with van der Waals surface area (Å²) in [6, 6.07) is 6.06. The summed E-state index contributed by atoms with van der Waals surface area (Å²) in [6.07, 6.45) is 0. The van der Waals surface area contributed by atoms with Gasteiger partial charge in [0.2, 0.25) is 0 Å². The molecule has 0 spiro atoms. The van der Waals surface area contributed by atoms with Crippen molar-refractivity contribution in [1.82, 2.24) is 0 Å². The Balaban J connectivity index is 0. The number of para-hydroxylation sites is 1. The Morgan fingerprint density at radius 2 is 1.30 bits per heavy atom. The molecule has 1 rings (SSSR count). The van der Waals surface area contributed by atoms with E-state index in [4.69, 9.17) is 18.9 Å². The molecule has 27 heavy (non-hydrogen) atoms.